The molecule has 7 nitrogen and oxygen atoms in total. The van der Waals surface area contributed by atoms with Crippen molar-refractivity contribution < 1.29 is 14.3 Å². The first-order valence-corrected chi connectivity index (χ1v) is 8.60. The number of aliphatic imine (C=N–C) groups is 1. The minimum Gasteiger partial charge on any atom is -0.382 e. The molecular weight excluding hydrogens is 344 g/mol. The van der Waals surface area contributed by atoms with E-state index >= 15 is 0 Å². The molecule has 1 rings (SSSR count). The van der Waals surface area contributed by atoms with Crippen molar-refractivity contribution >= 4 is 23.5 Å². The Hall–Kier alpha value is -1.83. The second-order valence-electron chi connectivity index (χ2n) is 5.12. The van der Waals surface area contributed by atoms with Crippen LogP contribution in [0.25, 0.3) is 0 Å². The molecular formula is C17H27ClN4O3. The van der Waals surface area contributed by atoms with E-state index in [1.807, 2.05) is 0 Å². The van der Waals surface area contributed by atoms with E-state index in [0.717, 1.165) is 13.0 Å². The van der Waals surface area contributed by atoms with Crippen LogP contribution in [0.2, 0.25) is 5.02 Å². The quantitative estimate of drug-likeness (QED) is 0.310. The molecule has 0 aliphatic heterocycles. The number of hydrogen-bond donors (Lipinski definition) is 3. The molecule has 0 unspecified atom stereocenters. The summed E-state index contributed by atoms with van der Waals surface area (Å²) in [7, 11) is 3.35. The largest absolute Gasteiger partial charge is 0.382 e. The molecule has 0 atom stereocenters. The summed E-state index contributed by atoms with van der Waals surface area (Å²) in [6.07, 6.45) is 0.869. The zero-order chi connectivity index (χ0) is 18.3. The van der Waals surface area contributed by atoms with Crippen molar-refractivity contribution in [1.82, 2.24) is 16.0 Å². The fourth-order valence-corrected chi connectivity index (χ4v) is 2.17. The fourth-order valence-electron chi connectivity index (χ4n) is 1.94. The predicted molar refractivity (Wildman–Crippen MR) is 100 cm³/mol. The number of nitrogens with zero attached hydrogens (tertiary/aromatic N) is 1. The van der Waals surface area contributed by atoms with Gasteiger partial charge >= 0.3 is 0 Å². The smallest absolute Gasteiger partial charge is 0.252 e. The minimum atomic E-state index is -0.191. The van der Waals surface area contributed by atoms with Crippen LogP contribution in [-0.4, -0.2) is 65.5 Å². The molecule has 3 N–H and O–H groups in total. The summed E-state index contributed by atoms with van der Waals surface area (Å²) in [5.41, 5.74) is 0.472. The number of carbonyl (C=O) groups excluding carboxylic acids is 1. The second kappa shape index (κ2) is 13.5. The molecule has 140 valence electrons. The Morgan fingerprint density at radius 1 is 1.08 bits per heavy atom. The molecule has 1 aromatic rings. The van der Waals surface area contributed by atoms with Crippen LogP contribution in [0.4, 0.5) is 0 Å². The minimum absolute atomic E-state index is 0.191. The van der Waals surface area contributed by atoms with Gasteiger partial charge in [-0.1, -0.05) is 23.7 Å². The van der Waals surface area contributed by atoms with Gasteiger partial charge in [0.15, 0.2) is 5.96 Å². The van der Waals surface area contributed by atoms with E-state index in [9.17, 15) is 4.79 Å². The molecule has 25 heavy (non-hydrogen) atoms. The zero-order valence-corrected chi connectivity index (χ0v) is 15.6. The lowest BCUT2D eigenvalue weighted by molar-refractivity contribution is 0.0698. The molecule has 0 bridgehead atoms. The van der Waals surface area contributed by atoms with E-state index in [2.05, 4.69) is 20.9 Å². The summed E-state index contributed by atoms with van der Waals surface area (Å²) in [5, 5.41) is 9.57. The number of hydrogen-bond acceptors (Lipinski definition) is 4. The number of halogens is 1. The summed E-state index contributed by atoms with van der Waals surface area (Å²) in [6.45, 7) is 3.65. The second-order valence-corrected chi connectivity index (χ2v) is 5.53. The summed E-state index contributed by atoms with van der Waals surface area (Å²) in [6, 6.07) is 6.96. The van der Waals surface area contributed by atoms with E-state index in [1.54, 1.807) is 38.4 Å². The van der Waals surface area contributed by atoms with Crippen LogP contribution in [0.3, 0.4) is 0 Å². The van der Waals surface area contributed by atoms with Crippen molar-refractivity contribution in [1.29, 1.82) is 0 Å². The van der Waals surface area contributed by atoms with Crippen molar-refractivity contribution in [3.8, 4) is 0 Å². The van der Waals surface area contributed by atoms with Gasteiger partial charge in [-0.2, -0.15) is 0 Å². The third-order valence-corrected chi connectivity index (χ3v) is 3.56. The van der Waals surface area contributed by atoms with Gasteiger partial charge in [-0.25, -0.2) is 0 Å². The number of benzene rings is 1. The van der Waals surface area contributed by atoms with E-state index in [-0.39, 0.29) is 5.91 Å². The first kappa shape index (κ1) is 21.2. The van der Waals surface area contributed by atoms with Crippen molar-refractivity contribution in [2.45, 2.75) is 6.42 Å². The molecule has 1 aromatic carbocycles. The topological polar surface area (TPSA) is 84.0 Å². The van der Waals surface area contributed by atoms with Gasteiger partial charge in [0.1, 0.15) is 0 Å². The maximum absolute atomic E-state index is 12.0. The van der Waals surface area contributed by atoms with E-state index in [0.29, 0.717) is 49.5 Å². The Labute approximate surface area is 154 Å². The van der Waals surface area contributed by atoms with Gasteiger partial charge in [0.25, 0.3) is 5.91 Å². The molecule has 8 heteroatoms. The fraction of sp³-hybridized carbons (Fsp3) is 0.529. The van der Waals surface area contributed by atoms with Gasteiger partial charge in [0, 0.05) is 40.4 Å². The van der Waals surface area contributed by atoms with Crippen molar-refractivity contribution in [2.24, 2.45) is 4.99 Å². The van der Waals surface area contributed by atoms with Gasteiger partial charge in [-0.15, -0.1) is 0 Å². The maximum Gasteiger partial charge on any atom is 0.252 e. The summed E-state index contributed by atoms with van der Waals surface area (Å²) >= 11 is 5.99. The highest BCUT2D eigenvalue weighted by Gasteiger charge is 2.08. The van der Waals surface area contributed by atoms with Gasteiger partial charge in [-0.05, 0) is 18.6 Å². The Balaban J connectivity index is 2.13. The SMILES string of the molecule is CN=C(NCCCOCCOC)NCCNC(=O)c1ccccc1Cl. The number of methoxy groups -OCH3 is 1. The number of rotatable bonds is 11. The lowest BCUT2D eigenvalue weighted by Gasteiger charge is -2.12. The standard InChI is InChI=1S/C17H27ClN4O3/c1-19-17(21-8-5-11-25-13-12-24-2)22-10-9-20-16(23)14-6-3-4-7-15(14)18/h3-4,6-7H,5,8-13H2,1-2H3,(H,20,23)(H2,19,21,22). The van der Waals surface area contributed by atoms with Gasteiger partial charge < -0.3 is 25.4 Å². The van der Waals surface area contributed by atoms with Crippen LogP contribution >= 0.6 is 11.6 Å². The number of carbonyl (C=O) groups is 1. The van der Waals surface area contributed by atoms with Crippen LogP contribution < -0.4 is 16.0 Å². The average Bonchev–Trinajstić information content (AvgIpc) is 2.62. The van der Waals surface area contributed by atoms with E-state index in [4.69, 9.17) is 21.1 Å². The first-order chi connectivity index (χ1) is 12.2. The van der Waals surface area contributed by atoms with Crippen LogP contribution in [0.15, 0.2) is 29.3 Å². The van der Waals surface area contributed by atoms with Crippen molar-refractivity contribution in [3.63, 3.8) is 0 Å². The Kier molecular flexibility index (Phi) is 11.4. The van der Waals surface area contributed by atoms with Crippen LogP contribution in [0.1, 0.15) is 16.8 Å². The van der Waals surface area contributed by atoms with Crippen LogP contribution in [0, 0.1) is 0 Å². The van der Waals surface area contributed by atoms with E-state index in [1.165, 1.54) is 0 Å². The predicted octanol–water partition coefficient (Wildman–Crippen LogP) is 1.29. The van der Waals surface area contributed by atoms with Crippen LogP contribution in [-0.2, 0) is 9.47 Å². The average molecular weight is 371 g/mol. The Morgan fingerprint density at radius 3 is 2.52 bits per heavy atom. The molecule has 0 spiro atoms. The molecule has 0 saturated heterocycles. The molecule has 1 amide bonds. The number of nitrogens with one attached hydrogen (secondary N) is 3. The Bertz CT molecular complexity index is 540. The number of ether oxygens (including phenoxy) is 2. The van der Waals surface area contributed by atoms with Crippen molar-refractivity contribution in [3.05, 3.63) is 34.9 Å². The summed E-state index contributed by atoms with van der Waals surface area (Å²) in [4.78, 5) is 16.1. The molecule has 0 aliphatic rings. The van der Waals surface area contributed by atoms with Crippen molar-refractivity contribution in [2.75, 3.05) is 53.6 Å². The molecule has 0 aromatic heterocycles. The number of guanidine groups is 1. The van der Waals surface area contributed by atoms with Gasteiger partial charge in [0.2, 0.25) is 0 Å². The number of amides is 1. The van der Waals surface area contributed by atoms with Gasteiger partial charge in [0.05, 0.1) is 23.8 Å². The lowest BCUT2D eigenvalue weighted by atomic mass is 10.2. The molecule has 0 saturated carbocycles. The summed E-state index contributed by atoms with van der Waals surface area (Å²) < 4.78 is 10.3. The third-order valence-electron chi connectivity index (χ3n) is 3.23. The first-order valence-electron chi connectivity index (χ1n) is 8.23. The third kappa shape index (κ3) is 9.28. The lowest BCUT2D eigenvalue weighted by Crippen LogP contribution is -2.42. The van der Waals surface area contributed by atoms with E-state index < -0.39 is 0 Å². The molecule has 0 aliphatic carbocycles. The molecule has 0 heterocycles. The van der Waals surface area contributed by atoms with Gasteiger partial charge in [-0.3, -0.25) is 9.79 Å². The molecule has 0 radical (unpaired) electrons. The maximum atomic E-state index is 12.0. The summed E-state index contributed by atoms with van der Waals surface area (Å²) in [5.74, 6) is 0.493. The Morgan fingerprint density at radius 2 is 1.80 bits per heavy atom. The molecule has 0 fully saturated rings. The highest BCUT2D eigenvalue weighted by molar-refractivity contribution is 6.33. The zero-order valence-electron chi connectivity index (χ0n) is 14.8. The normalized spacial score (nSPS) is 11.2. The monoisotopic (exact) mass is 370 g/mol. The van der Waals surface area contributed by atoms with Crippen LogP contribution in [0.5, 0.6) is 0 Å². The highest BCUT2D eigenvalue weighted by atomic mass is 35.5. The highest BCUT2D eigenvalue weighted by Crippen LogP contribution is 2.14.